The van der Waals surface area contributed by atoms with Gasteiger partial charge in [0.2, 0.25) is 0 Å². The van der Waals surface area contributed by atoms with E-state index in [0.717, 1.165) is 0 Å². The van der Waals surface area contributed by atoms with Gasteiger partial charge in [-0.2, -0.15) is 13.1 Å². The average Bonchev–Trinajstić information content (AvgIpc) is 2.11. The zero-order chi connectivity index (χ0) is 11.2. The summed E-state index contributed by atoms with van der Waals surface area (Å²) in [6, 6.07) is 0. The van der Waals surface area contributed by atoms with E-state index in [4.69, 9.17) is 0 Å². The second kappa shape index (κ2) is 5.94. The van der Waals surface area contributed by atoms with Gasteiger partial charge in [0.1, 0.15) is 6.54 Å². The van der Waals surface area contributed by atoms with Crippen LogP contribution in [0.25, 0.3) is 0 Å². The van der Waals surface area contributed by atoms with E-state index >= 15 is 0 Å². The van der Waals surface area contributed by atoms with Crippen LogP contribution in [0, 0.1) is 5.92 Å². The largest absolute Gasteiger partial charge is 0.468 e. The molecule has 0 amide bonds. The zero-order valence-corrected chi connectivity index (χ0v) is 9.35. The van der Waals surface area contributed by atoms with Crippen LogP contribution in [-0.2, 0) is 19.7 Å². The molecule has 0 aliphatic carbocycles. The molecule has 0 aliphatic rings. The van der Waals surface area contributed by atoms with Crippen molar-refractivity contribution >= 4 is 16.2 Å². The van der Waals surface area contributed by atoms with Crippen LogP contribution in [0.15, 0.2) is 0 Å². The summed E-state index contributed by atoms with van der Waals surface area (Å²) in [6.45, 7) is 3.73. The van der Waals surface area contributed by atoms with Gasteiger partial charge in [-0.05, 0) is 5.92 Å². The number of nitrogens with one attached hydrogen (secondary N) is 2. The van der Waals surface area contributed by atoms with Gasteiger partial charge in [-0.1, -0.05) is 13.8 Å². The first-order chi connectivity index (χ1) is 6.37. The summed E-state index contributed by atoms with van der Waals surface area (Å²) < 4.78 is 30.9. The Bertz CT molecular complexity index is 273. The maximum atomic E-state index is 11.1. The van der Waals surface area contributed by atoms with E-state index < -0.39 is 16.2 Å². The maximum absolute atomic E-state index is 11.1. The smallest absolute Gasteiger partial charge is 0.320 e. The van der Waals surface area contributed by atoms with E-state index in [-0.39, 0.29) is 12.5 Å². The summed E-state index contributed by atoms with van der Waals surface area (Å²) in [6.07, 6.45) is 0. The van der Waals surface area contributed by atoms with Gasteiger partial charge >= 0.3 is 5.97 Å². The third-order valence-corrected chi connectivity index (χ3v) is 2.39. The van der Waals surface area contributed by atoms with E-state index in [0.29, 0.717) is 6.54 Å². The first kappa shape index (κ1) is 13.3. The maximum Gasteiger partial charge on any atom is 0.320 e. The van der Waals surface area contributed by atoms with Gasteiger partial charge in [0, 0.05) is 6.54 Å². The molecule has 0 fully saturated rings. The van der Waals surface area contributed by atoms with Crippen LogP contribution in [-0.4, -0.2) is 34.6 Å². The van der Waals surface area contributed by atoms with Crippen LogP contribution in [0.3, 0.4) is 0 Å². The third kappa shape index (κ3) is 6.81. The Morgan fingerprint density at radius 2 is 1.93 bits per heavy atom. The Labute approximate surface area is 84.2 Å². The third-order valence-electron chi connectivity index (χ3n) is 1.32. The summed E-state index contributed by atoms with van der Waals surface area (Å²) in [5.41, 5.74) is 0. The van der Waals surface area contributed by atoms with Crippen LogP contribution in [0.2, 0.25) is 0 Å². The molecule has 0 aromatic heterocycles. The summed E-state index contributed by atoms with van der Waals surface area (Å²) in [7, 11) is -2.39. The highest BCUT2D eigenvalue weighted by molar-refractivity contribution is 7.87. The van der Waals surface area contributed by atoms with Gasteiger partial charge in [-0.15, -0.1) is 0 Å². The van der Waals surface area contributed by atoms with Gasteiger partial charge in [0.05, 0.1) is 7.11 Å². The minimum Gasteiger partial charge on any atom is -0.468 e. The van der Waals surface area contributed by atoms with Crippen LogP contribution < -0.4 is 9.44 Å². The van der Waals surface area contributed by atoms with Crippen molar-refractivity contribution in [3.63, 3.8) is 0 Å². The van der Waals surface area contributed by atoms with E-state index in [1.165, 1.54) is 7.11 Å². The molecule has 14 heavy (non-hydrogen) atoms. The number of carbonyl (C=O) groups excluding carboxylic acids is 1. The number of rotatable bonds is 6. The Kier molecular flexibility index (Phi) is 5.66. The van der Waals surface area contributed by atoms with E-state index in [9.17, 15) is 13.2 Å². The molecule has 0 spiro atoms. The first-order valence-electron chi connectivity index (χ1n) is 4.18. The summed E-state index contributed by atoms with van der Waals surface area (Å²) >= 11 is 0. The van der Waals surface area contributed by atoms with Crippen molar-refractivity contribution in [3.05, 3.63) is 0 Å². The molecule has 0 aromatic carbocycles. The molecule has 0 saturated carbocycles. The van der Waals surface area contributed by atoms with Crippen molar-refractivity contribution < 1.29 is 17.9 Å². The zero-order valence-electron chi connectivity index (χ0n) is 8.53. The Hall–Kier alpha value is -0.660. The SMILES string of the molecule is COC(=O)CNS(=O)(=O)NCC(C)C. The van der Waals surface area contributed by atoms with Crippen LogP contribution in [0.1, 0.15) is 13.8 Å². The quantitative estimate of drug-likeness (QED) is 0.581. The fraction of sp³-hybridized carbons (Fsp3) is 0.857. The average molecular weight is 224 g/mol. The molecule has 0 unspecified atom stereocenters. The number of methoxy groups -OCH3 is 1. The predicted octanol–water partition coefficient (Wildman–Crippen LogP) is -0.761. The van der Waals surface area contributed by atoms with E-state index in [1.807, 2.05) is 13.8 Å². The number of ether oxygens (including phenoxy) is 1. The topological polar surface area (TPSA) is 84.5 Å². The fourth-order valence-corrected chi connectivity index (χ4v) is 1.52. The fourth-order valence-electron chi connectivity index (χ4n) is 0.554. The molecule has 0 rings (SSSR count). The Morgan fingerprint density at radius 1 is 1.36 bits per heavy atom. The molecular formula is C7H16N2O4S. The Balaban J connectivity index is 3.90. The van der Waals surface area contributed by atoms with Crippen molar-refractivity contribution in [2.45, 2.75) is 13.8 Å². The highest BCUT2D eigenvalue weighted by Gasteiger charge is 2.11. The van der Waals surface area contributed by atoms with Crippen molar-refractivity contribution in [1.29, 1.82) is 0 Å². The summed E-state index contributed by atoms with van der Waals surface area (Å²) in [4.78, 5) is 10.6. The van der Waals surface area contributed by atoms with Crippen molar-refractivity contribution in [2.24, 2.45) is 5.92 Å². The molecule has 0 saturated heterocycles. The standard InChI is InChI=1S/C7H16N2O4S/c1-6(2)4-8-14(11,12)9-5-7(10)13-3/h6,8-9H,4-5H2,1-3H3. The normalized spacial score (nSPS) is 11.7. The molecule has 6 nitrogen and oxygen atoms in total. The van der Waals surface area contributed by atoms with Crippen LogP contribution >= 0.6 is 0 Å². The van der Waals surface area contributed by atoms with Crippen LogP contribution in [0.5, 0.6) is 0 Å². The van der Waals surface area contributed by atoms with Gasteiger partial charge in [0.25, 0.3) is 10.2 Å². The van der Waals surface area contributed by atoms with Crippen LogP contribution in [0.4, 0.5) is 0 Å². The van der Waals surface area contributed by atoms with E-state index in [1.54, 1.807) is 0 Å². The second-order valence-electron chi connectivity index (χ2n) is 3.14. The second-order valence-corrected chi connectivity index (χ2v) is 4.73. The van der Waals surface area contributed by atoms with E-state index in [2.05, 4.69) is 14.2 Å². The predicted molar refractivity (Wildman–Crippen MR) is 51.8 cm³/mol. The molecule has 7 heteroatoms. The number of carbonyl (C=O) groups is 1. The molecule has 0 radical (unpaired) electrons. The van der Waals surface area contributed by atoms with Gasteiger partial charge < -0.3 is 4.74 Å². The molecular weight excluding hydrogens is 208 g/mol. The summed E-state index contributed by atoms with van der Waals surface area (Å²) in [5, 5.41) is 0. The number of hydrogen-bond donors (Lipinski definition) is 2. The van der Waals surface area contributed by atoms with Gasteiger partial charge in [-0.3, -0.25) is 4.79 Å². The Morgan fingerprint density at radius 3 is 2.36 bits per heavy atom. The lowest BCUT2D eigenvalue weighted by Crippen LogP contribution is -2.40. The highest BCUT2D eigenvalue weighted by atomic mass is 32.2. The molecule has 0 aliphatic heterocycles. The van der Waals surface area contributed by atoms with Gasteiger partial charge in [-0.25, -0.2) is 4.72 Å². The number of esters is 1. The molecule has 0 bridgehead atoms. The van der Waals surface area contributed by atoms with Crippen molar-refractivity contribution in [1.82, 2.24) is 9.44 Å². The monoisotopic (exact) mass is 224 g/mol. The molecule has 0 atom stereocenters. The lowest BCUT2D eigenvalue weighted by molar-refractivity contribution is -0.139. The lowest BCUT2D eigenvalue weighted by Gasteiger charge is -2.08. The molecule has 0 heterocycles. The molecule has 2 N–H and O–H groups in total. The first-order valence-corrected chi connectivity index (χ1v) is 5.66. The highest BCUT2D eigenvalue weighted by Crippen LogP contribution is 1.88. The summed E-state index contributed by atoms with van der Waals surface area (Å²) in [5.74, 6) is -0.412. The van der Waals surface area contributed by atoms with Gasteiger partial charge in [0.15, 0.2) is 0 Å². The molecule has 84 valence electrons. The minimum atomic E-state index is -3.58. The van der Waals surface area contributed by atoms with Crippen molar-refractivity contribution in [2.75, 3.05) is 20.2 Å². The lowest BCUT2D eigenvalue weighted by atomic mass is 10.2. The van der Waals surface area contributed by atoms with Crippen molar-refractivity contribution in [3.8, 4) is 0 Å². The molecule has 0 aromatic rings. The number of hydrogen-bond acceptors (Lipinski definition) is 4. The minimum absolute atomic E-state index is 0.213.